The van der Waals surface area contributed by atoms with Crippen LogP contribution in [0.1, 0.15) is 11.1 Å². The monoisotopic (exact) mass is 193 g/mol. The number of aryl methyl sites for hydroxylation is 1. The van der Waals surface area contributed by atoms with Gasteiger partial charge in [0.15, 0.2) is 0 Å². The first-order valence-electron chi connectivity index (χ1n) is 4.82. The lowest BCUT2D eigenvalue weighted by molar-refractivity contribution is -0.157. The van der Waals surface area contributed by atoms with Crippen LogP contribution in [0.25, 0.3) is 0 Å². The summed E-state index contributed by atoms with van der Waals surface area (Å²) in [6, 6.07) is 8.02. The number of rotatable bonds is 2. The van der Waals surface area contributed by atoms with E-state index in [4.69, 9.17) is 15.2 Å². The molecule has 1 aromatic carbocycles. The number of benzene rings is 1. The van der Waals surface area contributed by atoms with Crippen LogP contribution >= 0.6 is 0 Å². The smallest absolute Gasteiger partial charge is 0.207 e. The zero-order chi connectivity index (χ0) is 10.0. The van der Waals surface area contributed by atoms with Crippen molar-refractivity contribution < 1.29 is 9.47 Å². The van der Waals surface area contributed by atoms with Gasteiger partial charge in [0.05, 0.1) is 19.8 Å². The standard InChI is InChI=1S/C11H15NO2/c1-9-4-2-3-5-10(9)11(8-12)13-6-7-14-11/h2-5H,6-8,12H2,1H3. The highest BCUT2D eigenvalue weighted by molar-refractivity contribution is 5.30. The van der Waals surface area contributed by atoms with Crippen molar-refractivity contribution in [3.8, 4) is 0 Å². The Kier molecular flexibility index (Phi) is 2.54. The van der Waals surface area contributed by atoms with Crippen molar-refractivity contribution in [2.75, 3.05) is 19.8 Å². The molecule has 0 bridgehead atoms. The molecule has 0 atom stereocenters. The Morgan fingerprint density at radius 1 is 1.29 bits per heavy atom. The van der Waals surface area contributed by atoms with Crippen molar-refractivity contribution in [3.05, 3.63) is 35.4 Å². The maximum absolute atomic E-state index is 5.72. The van der Waals surface area contributed by atoms with Crippen LogP contribution in [0, 0.1) is 6.92 Å². The van der Waals surface area contributed by atoms with Gasteiger partial charge in [0, 0.05) is 5.56 Å². The largest absolute Gasteiger partial charge is 0.342 e. The van der Waals surface area contributed by atoms with Gasteiger partial charge in [-0.15, -0.1) is 0 Å². The highest BCUT2D eigenvalue weighted by Gasteiger charge is 2.37. The predicted octanol–water partition coefficient (Wildman–Crippen LogP) is 1.15. The van der Waals surface area contributed by atoms with E-state index in [1.807, 2.05) is 31.2 Å². The second kappa shape index (κ2) is 3.69. The molecule has 0 amide bonds. The molecule has 0 saturated carbocycles. The zero-order valence-electron chi connectivity index (χ0n) is 8.32. The third kappa shape index (κ3) is 1.43. The summed E-state index contributed by atoms with van der Waals surface area (Å²) in [5.74, 6) is -0.703. The molecule has 1 aliphatic heterocycles. The van der Waals surface area contributed by atoms with E-state index in [2.05, 4.69) is 0 Å². The fourth-order valence-electron chi connectivity index (χ4n) is 1.84. The maximum atomic E-state index is 5.72. The lowest BCUT2D eigenvalue weighted by Crippen LogP contribution is -2.36. The minimum Gasteiger partial charge on any atom is -0.342 e. The highest BCUT2D eigenvalue weighted by atomic mass is 16.7. The Morgan fingerprint density at radius 3 is 2.50 bits per heavy atom. The van der Waals surface area contributed by atoms with E-state index in [9.17, 15) is 0 Å². The fourth-order valence-corrected chi connectivity index (χ4v) is 1.84. The summed E-state index contributed by atoms with van der Waals surface area (Å²) in [6.45, 7) is 3.63. The van der Waals surface area contributed by atoms with Crippen molar-refractivity contribution in [3.63, 3.8) is 0 Å². The van der Waals surface area contributed by atoms with Crippen LogP contribution in [-0.4, -0.2) is 19.8 Å². The number of nitrogens with two attached hydrogens (primary N) is 1. The highest BCUT2D eigenvalue weighted by Crippen LogP contribution is 2.32. The number of ether oxygens (including phenoxy) is 2. The third-order valence-electron chi connectivity index (χ3n) is 2.58. The van der Waals surface area contributed by atoms with Crippen molar-refractivity contribution in [1.82, 2.24) is 0 Å². The Labute approximate surface area is 83.8 Å². The van der Waals surface area contributed by atoms with Crippen LogP contribution in [-0.2, 0) is 15.3 Å². The normalized spacial score (nSPS) is 19.9. The Hall–Kier alpha value is -0.900. The Balaban J connectivity index is 2.41. The van der Waals surface area contributed by atoms with Crippen LogP contribution < -0.4 is 5.73 Å². The van der Waals surface area contributed by atoms with Gasteiger partial charge in [-0.25, -0.2) is 0 Å². The Morgan fingerprint density at radius 2 is 1.93 bits per heavy atom. The molecule has 1 aliphatic rings. The van der Waals surface area contributed by atoms with E-state index < -0.39 is 5.79 Å². The maximum Gasteiger partial charge on any atom is 0.207 e. The molecule has 0 aromatic heterocycles. The zero-order valence-corrected chi connectivity index (χ0v) is 8.32. The van der Waals surface area contributed by atoms with Crippen LogP contribution in [0.15, 0.2) is 24.3 Å². The molecule has 1 saturated heterocycles. The van der Waals surface area contributed by atoms with Gasteiger partial charge >= 0.3 is 0 Å². The molecule has 76 valence electrons. The van der Waals surface area contributed by atoms with Gasteiger partial charge in [-0.2, -0.15) is 0 Å². The molecule has 1 aromatic rings. The van der Waals surface area contributed by atoms with Gasteiger partial charge < -0.3 is 15.2 Å². The van der Waals surface area contributed by atoms with Crippen molar-refractivity contribution in [2.24, 2.45) is 5.73 Å². The first-order chi connectivity index (χ1) is 6.78. The van der Waals surface area contributed by atoms with Gasteiger partial charge in [-0.3, -0.25) is 0 Å². The van der Waals surface area contributed by atoms with Gasteiger partial charge in [0.1, 0.15) is 0 Å². The molecular weight excluding hydrogens is 178 g/mol. The summed E-state index contributed by atoms with van der Waals surface area (Å²) >= 11 is 0. The summed E-state index contributed by atoms with van der Waals surface area (Å²) < 4.78 is 11.2. The summed E-state index contributed by atoms with van der Waals surface area (Å²) in [5, 5.41) is 0. The minimum atomic E-state index is -0.703. The van der Waals surface area contributed by atoms with E-state index in [1.54, 1.807) is 0 Å². The lowest BCUT2D eigenvalue weighted by atomic mass is 10.0. The van der Waals surface area contributed by atoms with Gasteiger partial charge in [0.25, 0.3) is 0 Å². The Bertz CT molecular complexity index is 319. The topological polar surface area (TPSA) is 44.5 Å². The van der Waals surface area contributed by atoms with Crippen LogP contribution in [0.4, 0.5) is 0 Å². The summed E-state index contributed by atoms with van der Waals surface area (Å²) in [6.07, 6.45) is 0. The van der Waals surface area contributed by atoms with E-state index in [1.165, 1.54) is 0 Å². The second-order valence-electron chi connectivity index (χ2n) is 3.47. The van der Waals surface area contributed by atoms with E-state index in [0.29, 0.717) is 19.8 Å². The molecule has 0 unspecified atom stereocenters. The predicted molar refractivity (Wildman–Crippen MR) is 53.8 cm³/mol. The number of hydrogen-bond donors (Lipinski definition) is 1. The van der Waals surface area contributed by atoms with Crippen molar-refractivity contribution in [1.29, 1.82) is 0 Å². The van der Waals surface area contributed by atoms with Gasteiger partial charge in [-0.1, -0.05) is 24.3 Å². The number of hydrogen-bond acceptors (Lipinski definition) is 3. The molecule has 2 N–H and O–H groups in total. The summed E-state index contributed by atoms with van der Waals surface area (Å²) in [4.78, 5) is 0. The lowest BCUT2D eigenvalue weighted by Gasteiger charge is -2.27. The molecule has 2 rings (SSSR count). The van der Waals surface area contributed by atoms with Gasteiger partial charge in [0.2, 0.25) is 5.79 Å². The molecule has 0 radical (unpaired) electrons. The SMILES string of the molecule is Cc1ccccc1C1(CN)OCCO1. The second-order valence-corrected chi connectivity index (χ2v) is 3.47. The summed E-state index contributed by atoms with van der Waals surface area (Å²) in [5.41, 5.74) is 7.91. The van der Waals surface area contributed by atoms with Crippen molar-refractivity contribution in [2.45, 2.75) is 12.7 Å². The van der Waals surface area contributed by atoms with Crippen molar-refractivity contribution >= 4 is 0 Å². The molecule has 0 spiro atoms. The molecular formula is C11H15NO2. The molecule has 3 heteroatoms. The van der Waals surface area contributed by atoms with E-state index >= 15 is 0 Å². The van der Waals surface area contributed by atoms with E-state index in [-0.39, 0.29) is 0 Å². The first-order valence-corrected chi connectivity index (χ1v) is 4.82. The fraction of sp³-hybridized carbons (Fsp3) is 0.455. The minimum absolute atomic E-state index is 0.359. The van der Waals surface area contributed by atoms with Crippen LogP contribution in [0.2, 0.25) is 0 Å². The summed E-state index contributed by atoms with van der Waals surface area (Å²) in [7, 11) is 0. The molecule has 1 fully saturated rings. The third-order valence-corrected chi connectivity index (χ3v) is 2.58. The molecule has 14 heavy (non-hydrogen) atoms. The van der Waals surface area contributed by atoms with E-state index in [0.717, 1.165) is 11.1 Å². The van der Waals surface area contributed by atoms with Crippen LogP contribution in [0.3, 0.4) is 0 Å². The first kappa shape index (κ1) is 9.65. The average molecular weight is 193 g/mol. The van der Waals surface area contributed by atoms with Gasteiger partial charge in [-0.05, 0) is 12.5 Å². The molecule has 3 nitrogen and oxygen atoms in total. The quantitative estimate of drug-likeness (QED) is 0.766. The van der Waals surface area contributed by atoms with Crippen LogP contribution in [0.5, 0.6) is 0 Å². The molecule has 1 heterocycles. The average Bonchev–Trinajstić information content (AvgIpc) is 2.68. The molecule has 0 aliphatic carbocycles.